The number of hydrogen-bond acceptors (Lipinski definition) is 6. The van der Waals surface area contributed by atoms with Crippen LogP contribution in [0.5, 0.6) is 5.75 Å². The molecule has 1 N–H and O–H groups in total. The molecule has 10 heteroatoms. The highest BCUT2D eigenvalue weighted by Gasteiger charge is 2.31. The van der Waals surface area contributed by atoms with Crippen molar-refractivity contribution in [1.29, 1.82) is 0 Å². The van der Waals surface area contributed by atoms with Gasteiger partial charge in [0.05, 0.1) is 25.0 Å². The molecule has 204 valence electrons. The van der Waals surface area contributed by atoms with Crippen LogP contribution in [-0.4, -0.2) is 90.7 Å². The maximum atomic E-state index is 13.5. The molecule has 1 aromatic carbocycles. The average molecular weight is 524 g/mol. The van der Waals surface area contributed by atoms with Gasteiger partial charge >= 0.3 is 12.1 Å². The third-order valence-electron chi connectivity index (χ3n) is 7.23. The van der Waals surface area contributed by atoms with E-state index in [0.29, 0.717) is 51.4 Å². The Kier molecular flexibility index (Phi) is 8.70. The summed E-state index contributed by atoms with van der Waals surface area (Å²) in [4.78, 5) is 48.5. The third-order valence-corrected chi connectivity index (χ3v) is 7.23. The van der Waals surface area contributed by atoms with Crippen LogP contribution in [0.4, 0.5) is 15.3 Å². The highest BCUT2D eigenvalue weighted by atomic mass is 16.6. The van der Waals surface area contributed by atoms with Crippen LogP contribution in [-0.2, 0) is 4.74 Å². The zero-order chi connectivity index (χ0) is 27.2. The van der Waals surface area contributed by atoms with E-state index < -0.39 is 0 Å². The number of nitrogens with zero attached hydrogens (tertiary/aromatic N) is 4. The molecule has 0 aliphatic carbocycles. The first-order valence-corrected chi connectivity index (χ1v) is 13.2. The number of rotatable bonds is 5. The van der Waals surface area contributed by atoms with E-state index in [9.17, 15) is 14.4 Å². The number of aryl methyl sites for hydroxylation is 2. The number of nitrogens with one attached hydrogen (secondary N) is 1. The fourth-order valence-corrected chi connectivity index (χ4v) is 5.00. The van der Waals surface area contributed by atoms with E-state index in [1.165, 1.54) is 0 Å². The molecule has 0 radical (unpaired) electrons. The first-order valence-electron chi connectivity index (χ1n) is 13.2. The van der Waals surface area contributed by atoms with Gasteiger partial charge in [0.25, 0.3) is 5.91 Å². The lowest BCUT2D eigenvalue weighted by Crippen LogP contribution is -2.51. The zero-order valence-corrected chi connectivity index (χ0v) is 22.7. The van der Waals surface area contributed by atoms with Crippen molar-refractivity contribution in [3.63, 3.8) is 0 Å². The lowest BCUT2D eigenvalue weighted by Gasteiger charge is -2.35. The van der Waals surface area contributed by atoms with Crippen LogP contribution in [0.3, 0.4) is 0 Å². The lowest BCUT2D eigenvalue weighted by molar-refractivity contribution is 0.0568. The molecule has 38 heavy (non-hydrogen) atoms. The van der Waals surface area contributed by atoms with Crippen LogP contribution in [0.15, 0.2) is 30.3 Å². The number of piperazine rings is 1. The van der Waals surface area contributed by atoms with Gasteiger partial charge in [0.2, 0.25) is 0 Å². The molecule has 1 aromatic heterocycles. The van der Waals surface area contributed by atoms with Gasteiger partial charge in [-0.25, -0.2) is 9.59 Å². The van der Waals surface area contributed by atoms with E-state index in [0.717, 1.165) is 41.2 Å². The van der Waals surface area contributed by atoms with Gasteiger partial charge in [0, 0.05) is 56.6 Å². The van der Waals surface area contributed by atoms with Crippen molar-refractivity contribution in [2.75, 3.05) is 58.3 Å². The Morgan fingerprint density at radius 1 is 0.947 bits per heavy atom. The topological polar surface area (TPSA) is 104 Å². The molecule has 0 atom stereocenters. The fraction of sp³-hybridized carbons (Fsp3) is 0.500. The molecule has 3 heterocycles. The van der Waals surface area contributed by atoms with Gasteiger partial charge in [0.1, 0.15) is 5.75 Å². The van der Waals surface area contributed by atoms with Crippen LogP contribution < -0.4 is 10.1 Å². The molecule has 0 unspecified atom stereocenters. The van der Waals surface area contributed by atoms with Crippen molar-refractivity contribution >= 4 is 23.7 Å². The Hall–Kier alpha value is -3.82. The summed E-state index contributed by atoms with van der Waals surface area (Å²) >= 11 is 0. The highest BCUT2D eigenvalue weighted by Crippen LogP contribution is 2.31. The predicted octanol–water partition coefficient (Wildman–Crippen LogP) is 4.03. The summed E-state index contributed by atoms with van der Waals surface area (Å²) in [7, 11) is 1.62. The van der Waals surface area contributed by atoms with Crippen LogP contribution in [0, 0.1) is 13.8 Å². The predicted molar refractivity (Wildman–Crippen MR) is 144 cm³/mol. The summed E-state index contributed by atoms with van der Waals surface area (Å²) in [6.07, 6.45) is 1.11. The molecule has 4 rings (SSSR count). The molecular weight excluding hydrogens is 486 g/mol. The number of pyridine rings is 1. The van der Waals surface area contributed by atoms with E-state index in [1.807, 2.05) is 49.1 Å². The molecule has 10 nitrogen and oxygen atoms in total. The molecular formula is C28H37N5O5. The molecule has 2 saturated heterocycles. The SMILES string of the molecule is CCOC(=O)N1CCN(C(=O)c2ccc(C)nc2C2CCN(C(=O)Nc3ccc(OC)cc3C)CC2)CC1. The van der Waals surface area contributed by atoms with Crippen molar-refractivity contribution in [1.82, 2.24) is 19.7 Å². The van der Waals surface area contributed by atoms with Gasteiger partial charge in [-0.2, -0.15) is 0 Å². The Morgan fingerprint density at radius 3 is 2.26 bits per heavy atom. The summed E-state index contributed by atoms with van der Waals surface area (Å²) in [6.45, 7) is 8.92. The smallest absolute Gasteiger partial charge is 0.409 e. The zero-order valence-electron chi connectivity index (χ0n) is 22.7. The molecule has 0 bridgehead atoms. The number of carbonyl (C=O) groups excluding carboxylic acids is 3. The number of likely N-dealkylation sites (tertiary alicyclic amines) is 1. The number of anilines is 1. The van der Waals surface area contributed by atoms with E-state index >= 15 is 0 Å². The van der Waals surface area contributed by atoms with Gasteiger partial charge < -0.3 is 29.5 Å². The third kappa shape index (κ3) is 6.17. The minimum atomic E-state index is -0.338. The standard InChI is InChI=1S/C28H37N5O5/c1-5-38-28(36)33-16-14-31(15-17-33)26(34)23-8-6-20(3)29-25(23)21-10-12-32(13-11-21)27(35)30-24-9-7-22(37-4)18-19(24)2/h6-9,18,21H,5,10-17H2,1-4H3,(H,30,35). The Labute approximate surface area is 223 Å². The van der Waals surface area contributed by atoms with Crippen molar-refractivity contribution in [3.8, 4) is 5.75 Å². The molecule has 0 spiro atoms. The highest BCUT2D eigenvalue weighted by molar-refractivity contribution is 5.95. The van der Waals surface area contributed by atoms with Gasteiger partial charge in [0.15, 0.2) is 0 Å². The van der Waals surface area contributed by atoms with Crippen LogP contribution >= 0.6 is 0 Å². The maximum Gasteiger partial charge on any atom is 0.409 e. The largest absolute Gasteiger partial charge is 0.497 e. The van der Waals surface area contributed by atoms with Crippen LogP contribution in [0.2, 0.25) is 0 Å². The second-order valence-corrected chi connectivity index (χ2v) is 9.74. The average Bonchev–Trinajstić information content (AvgIpc) is 2.94. The van der Waals surface area contributed by atoms with E-state index in [-0.39, 0.29) is 23.9 Å². The number of ether oxygens (including phenoxy) is 2. The van der Waals surface area contributed by atoms with Crippen molar-refractivity contribution in [2.45, 2.75) is 39.5 Å². The molecule has 2 fully saturated rings. The fourth-order valence-electron chi connectivity index (χ4n) is 5.00. The molecule has 0 saturated carbocycles. The monoisotopic (exact) mass is 523 g/mol. The van der Waals surface area contributed by atoms with E-state index in [1.54, 1.807) is 23.8 Å². The number of piperidine rings is 1. The quantitative estimate of drug-likeness (QED) is 0.635. The van der Waals surface area contributed by atoms with E-state index in [2.05, 4.69) is 5.32 Å². The minimum Gasteiger partial charge on any atom is -0.497 e. The lowest BCUT2D eigenvalue weighted by atomic mass is 9.89. The molecule has 2 aromatic rings. The summed E-state index contributed by atoms with van der Waals surface area (Å²) in [5, 5.41) is 3.01. The second-order valence-electron chi connectivity index (χ2n) is 9.74. The summed E-state index contributed by atoms with van der Waals surface area (Å²) in [6, 6.07) is 9.16. The molecule has 4 amide bonds. The summed E-state index contributed by atoms with van der Waals surface area (Å²) < 4.78 is 10.3. The number of methoxy groups -OCH3 is 1. The Balaban J connectivity index is 1.38. The van der Waals surface area contributed by atoms with Gasteiger partial charge in [-0.3, -0.25) is 9.78 Å². The number of amides is 4. The first kappa shape index (κ1) is 27.2. The minimum absolute atomic E-state index is 0.0637. The normalized spacial score (nSPS) is 16.3. The number of aromatic nitrogens is 1. The summed E-state index contributed by atoms with van der Waals surface area (Å²) in [5.41, 5.74) is 3.96. The first-order chi connectivity index (χ1) is 18.3. The molecule has 2 aliphatic rings. The second kappa shape index (κ2) is 12.1. The van der Waals surface area contributed by atoms with Crippen molar-refractivity contribution < 1.29 is 23.9 Å². The Morgan fingerprint density at radius 2 is 1.63 bits per heavy atom. The van der Waals surface area contributed by atoms with Crippen molar-refractivity contribution in [3.05, 3.63) is 52.8 Å². The summed E-state index contributed by atoms with van der Waals surface area (Å²) in [5.74, 6) is 0.769. The van der Waals surface area contributed by atoms with Gasteiger partial charge in [-0.15, -0.1) is 0 Å². The number of carbonyl (C=O) groups is 3. The molecule has 2 aliphatic heterocycles. The van der Waals surface area contributed by atoms with Crippen LogP contribution in [0.25, 0.3) is 0 Å². The van der Waals surface area contributed by atoms with Crippen LogP contribution in [0.1, 0.15) is 53.0 Å². The number of urea groups is 1. The van der Waals surface area contributed by atoms with E-state index in [4.69, 9.17) is 14.5 Å². The van der Waals surface area contributed by atoms with Gasteiger partial charge in [-0.05, 0) is 69.5 Å². The Bertz CT molecular complexity index is 1170. The maximum absolute atomic E-state index is 13.5. The number of hydrogen-bond donors (Lipinski definition) is 1. The number of benzene rings is 1. The van der Waals surface area contributed by atoms with Crippen molar-refractivity contribution in [2.24, 2.45) is 0 Å². The van der Waals surface area contributed by atoms with Gasteiger partial charge in [-0.1, -0.05) is 0 Å².